The van der Waals surface area contributed by atoms with Crippen molar-refractivity contribution in [2.45, 2.75) is 12.3 Å². The first-order valence-electron chi connectivity index (χ1n) is 7.00. The van der Waals surface area contributed by atoms with Crippen molar-refractivity contribution < 1.29 is 14.3 Å². The summed E-state index contributed by atoms with van der Waals surface area (Å²) in [5, 5.41) is 0. The Balaban J connectivity index is 1.82. The van der Waals surface area contributed by atoms with Gasteiger partial charge in [0.2, 0.25) is 12.7 Å². The van der Waals surface area contributed by atoms with Gasteiger partial charge in [-0.25, -0.2) is 0 Å². The molecule has 2 unspecified atom stereocenters. The second-order valence-electron chi connectivity index (χ2n) is 5.50. The number of carbonyl (C=O) groups is 1. The molecular weight excluding hydrogens is 266 g/mol. The van der Waals surface area contributed by atoms with Crippen molar-refractivity contribution >= 4 is 5.91 Å². The van der Waals surface area contributed by atoms with Crippen LogP contribution in [0.4, 0.5) is 0 Å². The van der Waals surface area contributed by atoms with E-state index < -0.39 is 0 Å². The van der Waals surface area contributed by atoms with E-state index in [4.69, 9.17) is 15.2 Å². The highest BCUT2D eigenvalue weighted by Gasteiger charge is 2.37. The Morgan fingerprint density at radius 2 is 1.90 bits per heavy atom. The van der Waals surface area contributed by atoms with Crippen LogP contribution in [0.25, 0.3) is 0 Å². The molecule has 2 aliphatic rings. The lowest BCUT2D eigenvalue weighted by Gasteiger charge is -2.18. The molecule has 2 aromatic rings. The number of hydrogen-bond donors (Lipinski definition) is 1. The first-order valence-corrected chi connectivity index (χ1v) is 7.00. The van der Waals surface area contributed by atoms with Gasteiger partial charge in [0.05, 0.1) is 5.92 Å². The molecule has 0 saturated carbocycles. The number of benzene rings is 2. The lowest BCUT2D eigenvalue weighted by atomic mass is 9.85. The van der Waals surface area contributed by atoms with Crippen LogP contribution in [0.3, 0.4) is 0 Å². The topological polar surface area (TPSA) is 61.6 Å². The Bertz CT molecular complexity index is 726. The van der Waals surface area contributed by atoms with Crippen molar-refractivity contribution in [3.05, 3.63) is 59.2 Å². The standard InChI is InChI=1S/C17H15NO3/c18-17(19)13-7-10-3-1-2-4-12(10)16(13)11-5-6-14-15(8-11)21-9-20-14/h1-6,8,13,16H,7,9H2,(H2,18,19). The van der Waals surface area contributed by atoms with Crippen LogP contribution < -0.4 is 15.2 Å². The molecular formula is C17H15NO3. The molecule has 0 saturated heterocycles. The first kappa shape index (κ1) is 12.3. The fourth-order valence-corrected chi connectivity index (χ4v) is 3.38. The van der Waals surface area contributed by atoms with Crippen LogP contribution in [0.2, 0.25) is 0 Å². The second kappa shape index (κ2) is 4.52. The van der Waals surface area contributed by atoms with Crippen molar-refractivity contribution in [2.75, 3.05) is 6.79 Å². The SMILES string of the molecule is NC(=O)C1Cc2ccccc2C1c1ccc2c(c1)OCO2. The summed E-state index contributed by atoms with van der Waals surface area (Å²) in [6.45, 7) is 0.249. The van der Waals surface area contributed by atoms with Crippen molar-refractivity contribution in [1.29, 1.82) is 0 Å². The number of hydrogen-bond acceptors (Lipinski definition) is 3. The molecule has 106 valence electrons. The van der Waals surface area contributed by atoms with E-state index in [9.17, 15) is 4.79 Å². The van der Waals surface area contributed by atoms with Crippen LogP contribution in [0.5, 0.6) is 11.5 Å². The lowest BCUT2D eigenvalue weighted by Crippen LogP contribution is -2.27. The molecule has 2 aromatic carbocycles. The van der Waals surface area contributed by atoms with Gasteiger partial charge in [0.15, 0.2) is 11.5 Å². The molecule has 0 spiro atoms. The average Bonchev–Trinajstić information content (AvgIpc) is 3.10. The Morgan fingerprint density at radius 1 is 1.10 bits per heavy atom. The molecule has 2 atom stereocenters. The van der Waals surface area contributed by atoms with Gasteiger partial charge in [-0.3, -0.25) is 4.79 Å². The summed E-state index contributed by atoms with van der Waals surface area (Å²) in [5.41, 5.74) is 9.05. The molecule has 0 radical (unpaired) electrons. The maximum atomic E-state index is 11.9. The van der Waals surface area contributed by atoms with Crippen LogP contribution in [0.1, 0.15) is 22.6 Å². The summed E-state index contributed by atoms with van der Waals surface area (Å²) in [5.74, 6) is 1.02. The molecule has 4 nitrogen and oxygen atoms in total. The summed E-state index contributed by atoms with van der Waals surface area (Å²) in [6, 6.07) is 14.0. The molecule has 4 heteroatoms. The van der Waals surface area contributed by atoms with E-state index in [2.05, 4.69) is 12.1 Å². The molecule has 0 bridgehead atoms. The van der Waals surface area contributed by atoms with E-state index in [1.807, 2.05) is 30.3 Å². The minimum atomic E-state index is -0.256. The summed E-state index contributed by atoms with van der Waals surface area (Å²) in [6.07, 6.45) is 0.699. The van der Waals surface area contributed by atoms with Gasteiger partial charge < -0.3 is 15.2 Å². The van der Waals surface area contributed by atoms with Crippen LogP contribution in [0.15, 0.2) is 42.5 Å². The summed E-state index contributed by atoms with van der Waals surface area (Å²) in [4.78, 5) is 11.9. The quantitative estimate of drug-likeness (QED) is 0.918. The average molecular weight is 281 g/mol. The van der Waals surface area contributed by atoms with Gasteiger partial charge in [-0.15, -0.1) is 0 Å². The number of fused-ring (bicyclic) bond motifs is 2. The number of rotatable bonds is 2. The van der Waals surface area contributed by atoms with E-state index in [0.29, 0.717) is 6.42 Å². The Hall–Kier alpha value is -2.49. The smallest absolute Gasteiger partial charge is 0.231 e. The number of nitrogens with two attached hydrogens (primary N) is 1. The van der Waals surface area contributed by atoms with E-state index in [1.165, 1.54) is 11.1 Å². The zero-order chi connectivity index (χ0) is 14.4. The zero-order valence-electron chi connectivity index (χ0n) is 11.4. The van der Waals surface area contributed by atoms with Crippen molar-refractivity contribution in [2.24, 2.45) is 11.7 Å². The Kier molecular flexibility index (Phi) is 2.64. The highest BCUT2D eigenvalue weighted by Crippen LogP contribution is 2.44. The number of amides is 1. The van der Waals surface area contributed by atoms with Crippen molar-refractivity contribution in [3.63, 3.8) is 0 Å². The third-order valence-corrected chi connectivity index (χ3v) is 4.35. The minimum Gasteiger partial charge on any atom is -0.454 e. The lowest BCUT2D eigenvalue weighted by molar-refractivity contribution is -0.121. The summed E-state index contributed by atoms with van der Waals surface area (Å²) >= 11 is 0. The second-order valence-corrected chi connectivity index (χ2v) is 5.50. The molecule has 0 aromatic heterocycles. The number of ether oxygens (including phenoxy) is 2. The molecule has 4 rings (SSSR count). The van der Waals surface area contributed by atoms with Crippen LogP contribution in [-0.2, 0) is 11.2 Å². The van der Waals surface area contributed by atoms with Crippen LogP contribution in [-0.4, -0.2) is 12.7 Å². The monoisotopic (exact) mass is 281 g/mol. The van der Waals surface area contributed by atoms with Gasteiger partial charge in [0.1, 0.15) is 0 Å². The molecule has 0 fully saturated rings. The predicted molar refractivity (Wildman–Crippen MR) is 77.2 cm³/mol. The van der Waals surface area contributed by atoms with Crippen LogP contribution in [0, 0.1) is 5.92 Å². The first-order chi connectivity index (χ1) is 10.2. The molecule has 1 amide bonds. The van der Waals surface area contributed by atoms with E-state index in [1.54, 1.807) is 0 Å². The minimum absolute atomic E-state index is 0.00630. The maximum absolute atomic E-state index is 11.9. The van der Waals surface area contributed by atoms with Crippen molar-refractivity contribution in [1.82, 2.24) is 0 Å². The van der Waals surface area contributed by atoms with Gasteiger partial charge in [0.25, 0.3) is 0 Å². The molecule has 1 aliphatic carbocycles. The van der Waals surface area contributed by atoms with Gasteiger partial charge in [-0.05, 0) is 35.2 Å². The normalized spacial score (nSPS) is 22.1. The number of carbonyl (C=O) groups excluding carboxylic acids is 1. The molecule has 2 N–H and O–H groups in total. The van der Waals surface area contributed by atoms with Gasteiger partial charge in [0, 0.05) is 5.92 Å². The zero-order valence-corrected chi connectivity index (χ0v) is 11.4. The molecule has 1 aliphatic heterocycles. The molecule has 21 heavy (non-hydrogen) atoms. The fraction of sp³-hybridized carbons (Fsp3) is 0.235. The van der Waals surface area contributed by atoms with Gasteiger partial charge in [-0.2, -0.15) is 0 Å². The van der Waals surface area contributed by atoms with E-state index >= 15 is 0 Å². The highest BCUT2D eigenvalue weighted by molar-refractivity contribution is 5.80. The largest absolute Gasteiger partial charge is 0.454 e. The third-order valence-electron chi connectivity index (χ3n) is 4.35. The molecule has 1 heterocycles. The maximum Gasteiger partial charge on any atom is 0.231 e. The van der Waals surface area contributed by atoms with E-state index in [0.717, 1.165) is 17.1 Å². The van der Waals surface area contributed by atoms with Crippen LogP contribution >= 0.6 is 0 Å². The van der Waals surface area contributed by atoms with Gasteiger partial charge >= 0.3 is 0 Å². The Labute approximate surface area is 122 Å². The predicted octanol–water partition coefficient (Wildman–Crippen LogP) is 2.20. The van der Waals surface area contributed by atoms with Crippen molar-refractivity contribution in [3.8, 4) is 11.5 Å². The van der Waals surface area contributed by atoms with Gasteiger partial charge in [-0.1, -0.05) is 30.3 Å². The Morgan fingerprint density at radius 3 is 2.76 bits per heavy atom. The summed E-state index contributed by atoms with van der Waals surface area (Å²) < 4.78 is 10.8. The third kappa shape index (κ3) is 1.87. The highest BCUT2D eigenvalue weighted by atomic mass is 16.7. The number of primary amides is 1. The summed E-state index contributed by atoms with van der Waals surface area (Å²) in [7, 11) is 0. The fourth-order valence-electron chi connectivity index (χ4n) is 3.38. The van der Waals surface area contributed by atoms with E-state index in [-0.39, 0.29) is 24.5 Å².